The number of hydrogen-bond donors (Lipinski definition) is 2. The fraction of sp³-hybridized carbons (Fsp3) is 0.158. The standard InChI is InChI=1S/C19H18ClN3O2S/c1-11-15(20)8-5-9-16(11)23-18(24)17-12(2)21-19(26-17)22-13-6-4-7-14(10-13)25-3/h4-10H,1-3H3,(H,21,22)(H,23,24). The van der Waals surface area contributed by atoms with Crippen molar-refractivity contribution in [3.05, 3.63) is 63.6 Å². The number of amides is 1. The van der Waals surface area contributed by atoms with E-state index in [0.29, 0.717) is 26.4 Å². The number of carbonyl (C=O) groups is 1. The van der Waals surface area contributed by atoms with Crippen LogP contribution in [0.5, 0.6) is 5.75 Å². The number of ether oxygens (including phenoxy) is 1. The molecule has 2 aromatic carbocycles. The maximum absolute atomic E-state index is 12.6. The molecule has 3 rings (SSSR count). The molecule has 134 valence electrons. The molecule has 0 spiro atoms. The predicted octanol–water partition coefficient (Wildman–Crippen LogP) is 5.42. The third kappa shape index (κ3) is 3.98. The normalized spacial score (nSPS) is 10.5. The summed E-state index contributed by atoms with van der Waals surface area (Å²) in [4.78, 5) is 17.6. The minimum atomic E-state index is -0.205. The summed E-state index contributed by atoms with van der Waals surface area (Å²) in [5.74, 6) is 0.543. The number of anilines is 3. The molecule has 0 aliphatic carbocycles. The SMILES string of the molecule is COc1cccc(Nc2nc(C)c(C(=O)Nc3cccc(Cl)c3C)s2)c1. The number of rotatable bonds is 5. The number of thiazole rings is 1. The monoisotopic (exact) mass is 387 g/mol. The van der Waals surface area contributed by atoms with Gasteiger partial charge in [0.05, 0.1) is 12.8 Å². The van der Waals surface area contributed by atoms with E-state index in [0.717, 1.165) is 17.0 Å². The van der Waals surface area contributed by atoms with Crippen molar-refractivity contribution >= 4 is 45.4 Å². The van der Waals surface area contributed by atoms with Crippen LogP contribution in [0.25, 0.3) is 0 Å². The van der Waals surface area contributed by atoms with Crippen molar-refractivity contribution in [3.8, 4) is 5.75 Å². The Morgan fingerprint density at radius 3 is 2.73 bits per heavy atom. The number of halogens is 1. The topological polar surface area (TPSA) is 63.2 Å². The van der Waals surface area contributed by atoms with Crippen LogP contribution >= 0.6 is 22.9 Å². The van der Waals surface area contributed by atoms with Crippen LogP contribution in [0, 0.1) is 13.8 Å². The van der Waals surface area contributed by atoms with Crippen molar-refractivity contribution < 1.29 is 9.53 Å². The summed E-state index contributed by atoms with van der Waals surface area (Å²) in [6, 6.07) is 13.0. The van der Waals surface area contributed by atoms with Gasteiger partial charge in [-0.1, -0.05) is 35.1 Å². The van der Waals surface area contributed by atoms with Crippen LogP contribution in [0.3, 0.4) is 0 Å². The van der Waals surface area contributed by atoms with E-state index in [-0.39, 0.29) is 5.91 Å². The van der Waals surface area contributed by atoms with Gasteiger partial charge in [0, 0.05) is 22.5 Å². The van der Waals surface area contributed by atoms with E-state index < -0.39 is 0 Å². The van der Waals surface area contributed by atoms with Crippen molar-refractivity contribution in [2.75, 3.05) is 17.7 Å². The summed E-state index contributed by atoms with van der Waals surface area (Å²) in [6.07, 6.45) is 0. The van der Waals surface area contributed by atoms with Crippen molar-refractivity contribution in [1.82, 2.24) is 4.98 Å². The molecule has 0 saturated carbocycles. The smallest absolute Gasteiger partial charge is 0.267 e. The van der Waals surface area contributed by atoms with Crippen LogP contribution < -0.4 is 15.4 Å². The number of hydrogen-bond acceptors (Lipinski definition) is 5. The largest absolute Gasteiger partial charge is 0.497 e. The average molecular weight is 388 g/mol. The highest BCUT2D eigenvalue weighted by atomic mass is 35.5. The van der Waals surface area contributed by atoms with Crippen LogP contribution in [-0.2, 0) is 0 Å². The summed E-state index contributed by atoms with van der Waals surface area (Å²) in [7, 11) is 1.62. The summed E-state index contributed by atoms with van der Waals surface area (Å²) >= 11 is 7.41. The first-order valence-electron chi connectivity index (χ1n) is 7.93. The van der Waals surface area contributed by atoms with Crippen molar-refractivity contribution in [2.45, 2.75) is 13.8 Å². The molecule has 1 amide bonds. The van der Waals surface area contributed by atoms with E-state index in [1.165, 1.54) is 11.3 Å². The van der Waals surface area contributed by atoms with Gasteiger partial charge in [-0.3, -0.25) is 4.79 Å². The van der Waals surface area contributed by atoms with Crippen molar-refractivity contribution in [1.29, 1.82) is 0 Å². The highest BCUT2D eigenvalue weighted by Gasteiger charge is 2.17. The zero-order chi connectivity index (χ0) is 18.7. The molecule has 3 aromatic rings. The van der Waals surface area contributed by atoms with E-state index in [1.807, 2.05) is 44.2 Å². The molecule has 26 heavy (non-hydrogen) atoms. The Morgan fingerprint density at radius 1 is 1.19 bits per heavy atom. The minimum Gasteiger partial charge on any atom is -0.497 e. The number of carbonyl (C=O) groups excluding carboxylic acids is 1. The van der Waals surface area contributed by atoms with E-state index in [9.17, 15) is 4.79 Å². The first-order valence-corrected chi connectivity index (χ1v) is 9.12. The number of aryl methyl sites for hydroxylation is 1. The van der Waals surface area contributed by atoms with Crippen LogP contribution in [0.1, 0.15) is 20.9 Å². The Morgan fingerprint density at radius 2 is 1.96 bits per heavy atom. The highest BCUT2D eigenvalue weighted by molar-refractivity contribution is 7.17. The second-order valence-electron chi connectivity index (χ2n) is 5.66. The van der Waals surface area contributed by atoms with Crippen LogP contribution in [0.15, 0.2) is 42.5 Å². The molecule has 0 unspecified atom stereocenters. The van der Waals surface area contributed by atoms with Gasteiger partial charge in [0.1, 0.15) is 10.6 Å². The van der Waals surface area contributed by atoms with Gasteiger partial charge in [0.15, 0.2) is 5.13 Å². The predicted molar refractivity (Wildman–Crippen MR) is 107 cm³/mol. The van der Waals surface area contributed by atoms with Crippen molar-refractivity contribution in [3.63, 3.8) is 0 Å². The Bertz CT molecular complexity index is 956. The Kier molecular flexibility index (Phi) is 5.44. The molecule has 7 heteroatoms. The van der Waals surface area contributed by atoms with Crippen LogP contribution in [-0.4, -0.2) is 18.0 Å². The summed E-state index contributed by atoms with van der Waals surface area (Å²) in [6.45, 7) is 3.68. The first-order chi connectivity index (χ1) is 12.5. The molecule has 0 bridgehead atoms. The maximum Gasteiger partial charge on any atom is 0.267 e. The minimum absolute atomic E-state index is 0.205. The van der Waals surface area contributed by atoms with E-state index in [2.05, 4.69) is 15.6 Å². The zero-order valence-corrected chi connectivity index (χ0v) is 16.2. The van der Waals surface area contributed by atoms with Crippen LogP contribution in [0.4, 0.5) is 16.5 Å². The van der Waals surface area contributed by atoms with E-state index in [1.54, 1.807) is 19.2 Å². The lowest BCUT2D eigenvalue weighted by Crippen LogP contribution is -2.12. The molecular weight excluding hydrogens is 370 g/mol. The second-order valence-corrected chi connectivity index (χ2v) is 7.06. The van der Waals surface area contributed by atoms with Gasteiger partial charge < -0.3 is 15.4 Å². The van der Waals surface area contributed by atoms with Gasteiger partial charge >= 0.3 is 0 Å². The third-order valence-electron chi connectivity index (χ3n) is 3.84. The second kappa shape index (κ2) is 7.76. The molecule has 5 nitrogen and oxygen atoms in total. The lowest BCUT2D eigenvalue weighted by Gasteiger charge is -2.08. The number of aromatic nitrogens is 1. The van der Waals surface area contributed by atoms with E-state index >= 15 is 0 Å². The Hall–Kier alpha value is -2.57. The van der Waals surface area contributed by atoms with Gasteiger partial charge in [0.2, 0.25) is 0 Å². The van der Waals surface area contributed by atoms with Crippen LogP contribution in [0.2, 0.25) is 5.02 Å². The molecule has 0 atom stereocenters. The molecular formula is C19H18ClN3O2S. The fourth-order valence-corrected chi connectivity index (χ4v) is 3.46. The molecule has 1 heterocycles. The molecule has 2 N–H and O–H groups in total. The molecule has 0 saturated heterocycles. The molecule has 1 aromatic heterocycles. The molecule has 0 aliphatic heterocycles. The maximum atomic E-state index is 12.6. The number of benzene rings is 2. The van der Waals surface area contributed by atoms with Gasteiger partial charge in [-0.2, -0.15) is 0 Å². The van der Waals surface area contributed by atoms with Gasteiger partial charge in [0.25, 0.3) is 5.91 Å². The Labute approximate surface area is 161 Å². The number of nitrogens with one attached hydrogen (secondary N) is 2. The zero-order valence-electron chi connectivity index (χ0n) is 14.6. The average Bonchev–Trinajstić information content (AvgIpc) is 2.99. The van der Waals surface area contributed by atoms with Gasteiger partial charge in [-0.15, -0.1) is 0 Å². The highest BCUT2D eigenvalue weighted by Crippen LogP contribution is 2.29. The lowest BCUT2D eigenvalue weighted by atomic mass is 10.2. The van der Waals surface area contributed by atoms with Gasteiger partial charge in [-0.25, -0.2) is 4.98 Å². The molecule has 0 fully saturated rings. The number of methoxy groups -OCH3 is 1. The summed E-state index contributed by atoms with van der Waals surface area (Å²) in [5, 5.41) is 7.37. The first kappa shape index (κ1) is 18.2. The fourth-order valence-electron chi connectivity index (χ4n) is 2.41. The third-order valence-corrected chi connectivity index (χ3v) is 5.32. The molecule has 0 radical (unpaired) electrons. The lowest BCUT2D eigenvalue weighted by molar-refractivity contribution is 0.102. The quantitative estimate of drug-likeness (QED) is 0.613. The summed E-state index contributed by atoms with van der Waals surface area (Å²) in [5.41, 5.74) is 3.03. The Balaban J connectivity index is 1.79. The summed E-state index contributed by atoms with van der Waals surface area (Å²) < 4.78 is 5.22. The van der Waals surface area contributed by atoms with Crippen molar-refractivity contribution in [2.24, 2.45) is 0 Å². The molecule has 0 aliphatic rings. The van der Waals surface area contributed by atoms with E-state index in [4.69, 9.17) is 16.3 Å². The van der Waals surface area contributed by atoms with Gasteiger partial charge in [-0.05, 0) is 43.7 Å². The number of nitrogens with zero attached hydrogens (tertiary/aromatic N) is 1.